The van der Waals surface area contributed by atoms with Crippen LogP contribution in [0.4, 0.5) is 4.79 Å². The van der Waals surface area contributed by atoms with E-state index < -0.39 is 0 Å². The number of hydrogen-bond donors (Lipinski definition) is 0. The fourth-order valence-corrected chi connectivity index (χ4v) is 3.40. The summed E-state index contributed by atoms with van der Waals surface area (Å²) in [5.41, 5.74) is 2.25. The highest BCUT2D eigenvalue weighted by Crippen LogP contribution is 2.32. The molecule has 0 aliphatic carbocycles. The summed E-state index contributed by atoms with van der Waals surface area (Å²) >= 11 is 0.912. The van der Waals surface area contributed by atoms with E-state index in [1.54, 1.807) is 29.3 Å². The summed E-state index contributed by atoms with van der Waals surface area (Å²) in [5, 5.41) is -0.297. The molecule has 1 saturated heterocycles. The van der Waals surface area contributed by atoms with E-state index in [0.29, 0.717) is 4.91 Å². The second kappa shape index (κ2) is 5.58. The van der Waals surface area contributed by atoms with Crippen LogP contribution in [0.5, 0.6) is 0 Å². The number of benzene rings is 1. The van der Waals surface area contributed by atoms with Gasteiger partial charge in [0.1, 0.15) is 0 Å². The van der Waals surface area contributed by atoms with Gasteiger partial charge in [-0.15, -0.1) is 6.58 Å². The maximum atomic E-state index is 12.2. The second-order valence-electron chi connectivity index (χ2n) is 5.23. The van der Waals surface area contributed by atoms with Crippen molar-refractivity contribution in [2.45, 2.75) is 0 Å². The third kappa shape index (κ3) is 2.43. The number of nitrogens with zero attached hydrogens (tertiary/aromatic N) is 3. The molecule has 7 heteroatoms. The van der Waals surface area contributed by atoms with Gasteiger partial charge in [0, 0.05) is 20.6 Å². The smallest absolute Gasteiger partial charge is 0.295 e. The Morgan fingerprint density at radius 3 is 2.52 bits per heavy atom. The summed E-state index contributed by atoms with van der Waals surface area (Å²) < 4.78 is 3.12. The van der Waals surface area contributed by atoms with Gasteiger partial charge in [0.05, 0.1) is 15.9 Å². The van der Waals surface area contributed by atoms with Crippen LogP contribution in [0.15, 0.2) is 40.6 Å². The highest BCUT2D eigenvalue weighted by molar-refractivity contribution is 8.18. The number of fused-ring (bicyclic) bond motifs is 1. The largest absolute Gasteiger partial charge is 0.328 e. The molecule has 1 fully saturated rings. The van der Waals surface area contributed by atoms with Crippen molar-refractivity contribution in [2.24, 2.45) is 14.1 Å². The van der Waals surface area contributed by atoms with Gasteiger partial charge in [-0.1, -0.05) is 12.1 Å². The van der Waals surface area contributed by atoms with Gasteiger partial charge < -0.3 is 0 Å². The molecule has 0 spiro atoms. The summed E-state index contributed by atoms with van der Waals surface area (Å²) in [7, 11) is 3.41. The number of carbonyl (C=O) groups is 2. The van der Waals surface area contributed by atoms with Crippen LogP contribution >= 0.6 is 11.8 Å². The standard InChI is InChI=1S/C16H15N3O3S/c1-4-7-19-14(20)13(23-16(19)22)9-10-5-6-11-12(8-10)18(3)15(21)17(11)2/h4-6,8-9H,1,7H2,2-3H3/b13-9+. The monoisotopic (exact) mass is 329 g/mol. The Kier molecular flexibility index (Phi) is 3.73. The summed E-state index contributed by atoms with van der Waals surface area (Å²) in [5.74, 6) is -0.318. The molecule has 1 aromatic carbocycles. The molecule has 118 valence electrons. The Morgan fingerprint density at radius 2 is 1.83 bits per heavy atom. The van der Waals surface area contributed by atoms with Crippen LogP contribution in [-0.2, 0) is 18.9 Å². The first-order valence-electron chi connectivity index (χ1n) is 6.95. The minimum atomic E-state index is -0.318. The Balaban J connectivity index is 2.03. The number of aryl methyl sites for hydroxylation is 2. The Hall–Kier alpha value is -2.54. The van der Waals surface area contributed by atoms with Gasteiger partial charge in [-0.3, -0.25) is 23.6 Å². The van der Waals surface area contributed by atoms with Crippen LogP contribution < -0.4 is 5.69 Å². The van der Waals surface area contributed by atoms with Crippen LogP contribution in [-0.4, -0.2) is 31.7 Å². The van der Waals surface area contributed by atoms with Crippen molar-refractivity contribution in [3.8, 4) is 0 Å². The highest BCUT2D eigenvalue weighted by Gasteiger charge is 2.34. The minimum Gasteiger partial charge on any atom is -0.295 e. The highest BCUT2D eigenvalue weighted by atomic mass is 32.2. The Bertz CT molecular complexity index is 936. The van der Waals surface area contributed by atoms with Crippen LogP contribution in [0.3, 0.4) is 0 Å². The van der Waals surface area contributed by atoms with Crippen LogP contribution in [0.2, 0.25) is 0 Å². The number of imidazole rings is 1. The zero-order valence-electron chi connectivity index (χ0n) is 12.8. The molecule has 0 atom stereocenters. The Labute approximate surface area is 136 Å². The summed E-state index contributed by atoms with van der Waals surface area (Å²) in [4.78, 5) is 37.5. The predicted molar refractivity (Wildman–Crippen MR) is 91.0 cm³/mol. The van der Waals surface area contributed by atoms with Gasteiger partial charge in [-0.2, -0.15) is 0 Å². The van der Waals surface area contributed by atoms with E-state index in [0.717, 1.165) is 33.3 Å². The summed E-state index contributed by atoms with van der Waals surface area (Å²) in [6.07, 6.45) is 3.19. The average molecular weight is 329 g/mol. The van der Waals surface area contributed by atoms with E-state index in [1.807, 2.05) is 18.2 Å². The van der Waals surface area contributed by atoms with E-state index in [9.17, 15) is 14.4 Å². The number of carbonyl (C=O) groups excluding carboxylic acids is 2. The quantitative estimate of drug-likeness (QED) is 0.639. The lowest BCUT2D eigenvalue weighted by molar-refractivity contribution is -0.122. The van der Waals surface area contributed by atoms with Crippen molar-refractivity contribution in [1.29, 1.82) is 0 Å². The molecule has 2 amide bonds. The van der Waals surface area contributed by atoms with E-state index in [4.69, 9.17) is 0 Å². The number of aromatic nitrogens is 2. The van der Waals surface area contributed by atoms with Gasteiger partial charge >= 0.3 is 5.69 Å². The molecule has 1 aliphatic rings. The molecule has 0 radical (unpaired) electrons. The third-order valence-corrected chi connectivity index (χ3v) is 4.69. The van der Waals surface area contributed by atoms with Crippen molar-refractivity contribution in [1.82, 2.24) is 14.0 Å². The molecular weight excluding hydrogens is 314 g/mol. The first-order valence-corrected chi connectivity index (χ1v) is 7.77. The first kappa shape index (κ1) is 15.4. The van der Waals surface area contributed by atoms with Gasteiger partial charge in [-0.25, -0.2) is 4.79 Å². The summed E-state index contributed by atoms with van der Waals surface area (Å²) in [6, 6.07) is 5.48. The van der Waals surface area contributed by atoms with Crippen molar-refractivity contribution in [3.05, 3.63) is 51.8 Å². The molecule has 2 aromatic rings. The number of hydrogen-bond acceptors (Lipinski definition) is 4. The van der Waals surface area contributed by atoms with Crippen LogP contribution in [0, 0.1) is 0 Å². The first-order chi connectivity index (χ1) is 10.9. The topological polar surface area (TPSA) is 64.3 Å². The molecule has 23 heavy (non-hydrogen) atoms. The van der Waals surface area contributed by atoms with Crippen molar-refractivity contribution >= 4 is 40.0 Å². The zero-order chi connectivity index (χ0) is 16.7. The number of rotatable bonds is 3. The van der Waals surface area contributed by atoms with Crippen molar-refractivity contribution < 1.29 is 9.59 Å². The molecule has 3 rings (SSSR count). The lowest BCUT2D eigenvalue weighted by atomic mass is 10.2. The molecule has 1 aromatic heterocycles. The normalized spacial score (nSPS) is 16.8. The molecule has 2 heterocycles. The lowest BCUT2D eigenvalue weighted by Crippen LogP contribution is -2.27. The number of imide groups is 1. The lowest BCUT2D eigenvalue weighted by Gasteiger charge is -2.07. The number of amides is 2. The zero-order valence-corrected chi connectivity index (χ0v) is 13.6. The van der Waals surface area contributed by atoms with Crippen molar-refractivity contribution in [2.75, 3.05) is 6.54 Å². The van der Waals surface area contributed by atoms with Gasteiger partial charge in [0.2, 0.25) is 0 Å². The van der Waals surface area contributed by atoms with Crippen LogP contribution in [0.1, 0.15) is 5.56 Å². The van der Waals surface area contributed by atoms with E-state index in [-0.39, 0.29) is 23.4 Å². The molecule has 1 aliphatic heterocycles. The second-order valence-corrected chi connectivity index (χ2v) is 6.22. The predicted octanol–water partition coefficient (Wildman–Crippen LogP) is 2.10. The number of thioether (sulfide) groups is 1. The molecule has 0 bridgehead atoms. The molecule has 0 unspecified atom stereocenters. The summed E-state index contributed by atoms with van der Waals surface area (Å²) in [6.45, 7) is 3.75. The van der Waals surface area contributed by atoms with Crippen molar-refractivity contribution in [3.63, 3.8) is 0 Å². The fraction of sp³-hybridized carbons (Fsp3) is 0.188. The van der Waals surface area contributed by atoms with E-state index in [2.05, 4.69) is 6.58 Å². The fourth-order valence-electron chi connectivity index (χ4n) is 2.55. The molecule has 0 N–H and O–H groups in total. The average Bonchev–Trinajstić information content (AvgIpc) is 2.91. The van der Waals surface area contributed by atoms with E-state index in [1.165, 1.54) is 6.08 Å². The minimum absolute atomic E-state index is 0.108. The third-order valence-electron chi connectivity index (χ3n) is 3.78. The molecule has 0 saturated carbocycles. The van der Waals surface area contributed by atoms with Gasteiger partial charge in [0.25, 0.3) is 11.1 Å². The van der Waals surface area contributed by atoms with Crippen LogP contribution in [0.25, 0.3) is 17.1 Å². The maximum absolute atomic E-state index is 12.2. The SMILES string of the molecule is C=CCN1C(=O)S/C(=C/c2ccc3c(c2)n(C)c(=O)n3C)C1=O. The van der Waals surface area contributed by atoms with E-state index >= 15 is 0 Å². The Morgan fingerprint density at radius 1 is 1.13 bits per heavy atom. The van der Waals surface area contributed by atoms with Gasteiger partial charge in [-0.05, 0) is 35.5 Å². The molecular formula is C16H15N3O3S. The maximum Gasteiger partial charge on any atom is 0.328 e. The molecule has 6 nitrogen and oxygen atoms in total. The van der Waals surface area contributed by atoms with Gasteiger partial charge in [0.15, 0.2) is 0 Å².